The van der Waals surface area contributed by atoms with Crippen LogP contribution in [0.3, 0.4) is 0 Å². The number of rotatable bonds is 7. The molecular formula is C17H20N2O6. The molecule has 0 aliphatic rings. The molecule has 1 aromatic heterocycles. The topological polar surface area (TPSA) is 111 Å². The van der Waals surface area contributed by atoms with Gasteiger partial charge in [-0.25, -0.2) is 4.79 Å². The van der Waals surface area contributed by atoms with Gasteiger partial charge in [-0.15, -0.1) is 0 Å². The third-order valence-electron chi connectivity index (χ3n) is 3.63. The first-order valence-corrected chi connectivity index (χ1v) is 7.60. The summed E-state index contributed by atoms with van der Waals surface area (Å²) >= 11 is 0. The number of esters is 1. The highest BCUT2D eigenvalue weighted by Gasteiger charge is 2.21. The van der Waals surface area contributed by atoms with Gasteiger partial charge in [-0.05, 0) is 32.0 Å². The van der Waals surface area contributed by atoms with E-state index in [1.54, 1.807) is 31.2 Å². The first kappa shape index (κ1) is 18.5. The molecule has 8 heteroatoms. The molecule has 0 spiro atoms. The highest BCUT2D eigenvalue weighted by atomic mass is 16.5. The smallest absolute Gasteiger partial charge is 0.330 e. The largest absolute Gasteiger partial charge is 0.489 e. The molecule has 2 N–H and O–H groups in total. The van der Waals surface area contributed by atoms with Crippen LogP contribution in [0.15, 0.2) is 28.8 Å². The number of nitrogens with zero attached hydrogens (tertiary/aromatic N) is 1. The Morgan fingerprint density at radius 2 is 2.12 bits per heavy atom. The van der Waals surface area contributed by atoms with E-state index in [1.807, 2.05) is 6.92 Å². The van der Waals surface area contributed by atoms with Crippen molar-refractivity contribution in [2.24, 2.45) is 0 Å². The van der Waals surface area contributed by atoms with Gasteiger partial charge in [0, 0.05) is 5.56 Å². The number of nitrogens with one attached hydrogen (secondary N) is 1. The number of carbonyl (C=O) groups is 2. The minimum absolute atomic E-state index is 0.258. The van der Waals surface area contributed by atoms with Crippen molar-refractivity contribution in [2.45, 2.75) is 26.5 Å². The lowest BCUT2D eigenvalue weighted by atomic mass is 10.2. The van der Waals surface area contributed by atoms with Crippen molar-refractivity contribution in [1.82, 2.24) is 10.5 Å². The Morgan fingerprint density at radius 1 is 1.36 bits per heavy atom. The number of methoxy groups -OCH3 is 1. The quantitative estimate of drug-likeness (QED) is 0.722. The van der Waals surface area contributed by atoms with E-state index in [2.05, 4.69) is 15.2 Å². The van der Waals surface area contributed by atoms with Gasteiger partial charge in [0.25, 0.3) is 5.91 Å². The minimum atomic E-state index is -1.12. The molecule has 134 valence electrons. The summed E-state index contributed by atoms with van der Waals surface area (Å²) in [5.41, 5.74) is 1.88. The maximum atomic E-state index is 12.2. The van der Waals surface area contributed by atoms with Crippen LogP contribution in [0.1, 0.15) is 27.4 Å². The van der Waals surface area contributed by atoms with Gasteiger partial charge in [0.15, 0.2) is 6.04 Å². The number of ether oxygens (including phenoxy) is 2. The second kappa shape index (κ2) is 8.29. The van der Waals surface area contributed by atoms with Crippen LogP contribution in [0.5, 0.6) is 5.75 Å². The molecule has 0 aliphatic heterocycles. The van der Waals surface area contributed by atoms with Gasteiger partial charge in [0.2, 0.25) is 0 Å². The summed E-state index contributed by atoms with van der Waals surface area (Å²) in [5.74, 6) is -0.0876. The Balaban J connectivity index is 2.05. The van der Waals surface area contributed by atoms with E-state index >= 15 is 0 Å². The third kappa shape index (κ3) is 4.57. The van der Waals surface area contributed by atoms with Crippen molar-refractivity contribution in [3.05, 3.63) is 46.8 Å². The van der Waals surface area contributed by atoms with E-state index in [0.717, 1.165) is 11.3 Å². The average molecular weight is 348 g/mol. The Bertz CT molecular complexity index is 736. The minimum Gasteiger partial charge on any atom is -0.489 e. The van der Waals surface area contributed by atoms with E-state index in [9.17, 15) is 9.59 Å². The maximum Gasteiger partial charge on any atom is 0.330 e. The SMILES string of the molecule is COC(=O)[C@H](CO)NC(=O)c1cccc(OCc2c(C)noc2C)c1. The molecule has 0 bridgehead atoms. The molecule has 0 fully saturated rings. The third-order valence-corrected chi connectivity index (χ3v) is 3.63. The molecule has 1 aromatic carbocycles. The summed E-state index contributed by atoms with van der Waals surface area (Å²) in [6, 6.07) is 5.36. The number of hydrogen-bond acceptors (Lipinski definition) is 7. The molecule has 1 amide bonds. The monoisotopic (exact) mass is 348 g/mol. The number of carbonyl (C=O) groups excluding carboxylic acids is 2. The van der Waals surface area contributed by atoms with Crippen LogP contribution in [0, 0.1) is 13.8 Å². The predicted molar refractivity (Wildman–Crippen MR) is 87.1 cm³/mol. The molecule has 0 radical (unpaired) electrons. The van der Waals surface area contributed by atoms with Crippen LogP contribution in [0.4, 0.5) is 0 Å². The second-order valence-corrected chi connectivity index (χ2v) is 5.35. The fourth-order valence-electron chi connectivity index (χ4n) is 2.15. The summed E-state index contributed by atoms with van der Waals surface area (Å²) in [6.07, 6.45) is 0. The lowest BCUT2D eigenvalue weighted by molar-refractivity contribution is -0.143. The Hall–Kier alpha value is -2.87. The molecule has 0 saturated carbocycles. The molecule has 25 heavy (non-hydrogen) atoms. The van der Waals surface area contributed by atoms with Crippen molar-refractivity contribution in [3.8, 4) is 5.75 Å². The summed E-state index contributed by atoms with van der Waals surface area (Å²) in [7, 11) is 1.18. The molecular weight excluding hydrogens is 328 g/mol. The number of hydrogen-bond donors (Lipinski definition) is 2. The van der Waals surface area contributed by atoms with Crippen LogP contribution in [-0.4, -0.2) is 41.9 Å². The number of amides is 1. The van der Waals surface area contributed by atoms with E-state index < -0.39 is 24.5 Å². The Morgan fingerprint density at radius 3 is 2.72 bits per heavy atom. The van der Waals surface area contributed by atoms with Crippen LogP contribution < -0.4 is 10.1 Å². The fraction of sp³-hybridized carbons (Fsp3) is 0.353. The highest BCUT2D eigenvalue weighted by Crippen LogP contribution is 2.18. The van der Waals surface area contributed by atoms with Crippen molar-refractivity contribution in [1.29, 1.82) is 0 Å². The second-order valence-electron chi connectivity index (χ2n) is 5.35. The standard InChI is InChI=1S/C17H20N2O6/c1-10-14(11(2)25-19-10)9-24-13-6-4-5-12(7-13)16(21)18-15(8-20)17(22)23-3/h4-7,15,20H,8-9H2,1-3H3,(H,18,21)/t15-/m0/s1. The highest BCUT2D eigenvalue weighted by molar-refractivity contribution is 5.97. The van der Waals surface area contributed by atoms with E-state index in [-0.39, 0.29) is 6.61 Å². The zero-order chi connectivity index (χ0) is 18.4. The Kier molecular flexibility index (Phi) is 6.13. The van der Waals surface area contributed by atoms with Gasteiger partial charge in [-0.2, -0.15) is 0 Å². The fourth-order valence-corrected chi connectivity index (χ4v) is 2.15. The van der Waals surface area contributed by atoms with Crippen molar-refractivity contribution in [3.63, 3.8) is 0 Å². The lowest BCUT2D eigenvalue weighted by Gasteiger charge is -2.14. The van der Waals surface area contributed by atoms with Crippen LogP contribution in [0.25, 0.3) is 0 Å². The number of aliphatic hydroxyl groups is 1. The zero-order valence-electron chi connectivity index (χ0n) is 14.2. The van der Waals surface area contributed by atoms with Gasteiger partial charge in [-0.1, -0.05) is 11.2 Å². The molecule has 0 unspecified atom stereocenters. The number of aryl methyl sites for hydroxylation is 2. The van der Waals surface area contributed by atoms with Crippen LogP contribution in [-0.2, 0) is 16.1 Å². The van der Waals surface area contributed by atoms with Crippen molar-refractivity contribution >= 4 is 11.9 Å². The molecule has 0 aliphatic carbocycles. The molecule has 1 heterocycles. The van der Waals surface area contributed by atoms with E-state index in [0.29, 0.717) is 17.1 Å². The van der Waals surface area contributed by atoms with Crippen LogP contribution >= 0.6 is 0 Å². The molecule has 1 atom stereocenters. The summed E-state index contributed by atoms with van der Waals surface area (Å²) in [5, 5.41) is 15.4. The van der Waals surface area contributed by atoms with E-state index in [4.69, 9.17) is 14.4 Å². The predicted octanol–water partition coefficient (Wildman–Crippen LogP) is 1.13. The van der Waals surface area contributed by atoms with Crippen LogP contribution in [0.2, 0.25) is 0 Å². The van der Waals surface area contributed by atoms with Gasteiger partial charge < -0.3 is 24.4 Å². The van der Waals surface area contributed by atoms with Gasteiger partial charge in [0.05, 0.1) is 25.0 Å². The summed E-state index contributed by atoms with van der Waals surface area (Å²) in [6.45, 7) is 3.32. The molecule has 2 aromatic rings. The van der Waals surface area contributed by atoms with Gasteiger partial charge in [0.1, 0.15) is 18.1 Å². The van der Waals surface area contributed by atoms with Gasteiger partial charge in [-0.3, -0.25) is 4.79 Å². The normalized spacial score (nSPS) is 11.7. The first-order chi connectivity index (χ1) is 12.0. The first-order valence-electron chi connectivity index (χ1n) is 7.60. The molecule has 2 rings (SSSR count). The number of aliphatic hydroxyl groups excluding tert-OH is 1. The van der Waals surface area contributed by atoms with Crippen molar-refractivity contribution in [2.75, 3.05) is 13.7 Å². The maximum absolute atomic E-state index is 12.2. The van der Waals surface area contributed by atoms with Crippen molar-refractivity contribution < 1.29 is 28.7 Å². The zero-order valence-corrected chi connectivity index (χ0v) is 14.2. The number of benzene rings is 1. The number of aromatic nitrogens is 1. The average Bonchev–Trinajstić information content (AvgIpc) is 2.95. The summed E-state index contributed by atoms with van der Waals surface area (Å²) < 4.78 is 15.3. The summed E-state index contributed by atoms with van der Waals surface area (Å²) in [4.78, 5) is 23.7. The molecule has 0 saturated heterocycles. The lowest BCUT2D eigenvalue weighted by Crippen LogP contribution is -2.44. The molecule has 8 nitrogen and oxygen atoms in total. The Labute approximate surface area is 144 Å². The van der Waals surface area contributed by atoms with Gasteiger partial charge >= 0.3 is 5.97 Å². The van der Waals surface area contributed by atoms with E-state index in [1.165, 1.54) is 7.11 Å².